The van der Waals surface area contributed by atoms with Crippen LogP contribution in [0.3, 0.4) is 0 Å². The van der Waals surface area contributed by atoms with E-state index in [1.807, 2.05) is 0 Å². The van der Waals surface area contributed by atoms with Gasteiger partial charge in [-0.1, -0.05) is 12.1 Å². The fraction of sp³-hybridized carbons (Fsp3) is 0.200. The number of nitrogens with zero attached hydrogens (tertiary/aromatic N) is 1. The number of hydrogen-bond donors (Lipinski definition) is 1. The van der Waals surface area contributed by atoms with Crippen molar-refractivity contribution in [3.8, 4) is 0 Å². The zero-order valence-corrected chi connectivity index (χ0v) is 10.6. The Kier molecular flexibility index (Phi) is 4.25. The van der Waals surface area contributed by atoms with Crippen molar-refractivity contribution < 1.29 is 13.2 Å². The Hall–Kier alpha value is -1.40. The summed E-state index contributed by atoms with van der Waals surface area (Å²) in [4.78, 5) is 11.5. The second-order valence-corrected chi connectivity index (χ2v) is 5.84. The van der Waals surface area contributed by atoms with Gasteiger partial charge in [0, 0.05) is 6.26 Å². The molecule has 7 heteroatoms. The monoisotopic (exact) mass is 274 g/mol. The van der Waals surface area contributed by atoms with Crippen LogP contribution in [0.2, 0.25) is 0 Å². The van der Waals surface area contributed by atoms with Crippen molar-refractivity contribution in [1.29, 1.82) is 0 Å². The van der Waals surface area contributed by atoms with Crippen LogP contribution in [0.15, 0.2) is 34.3 Å². The Morgan fingerprint density at radius 3 is 2.35 bits per heavy atom. The van der Waals surface area contributed by atoms with E-state index < -0.39 is 21.0 Å². The first-order valence-corrected chi connectivity index (χ1v) is 6.90. The van der Waals surface area contributed by atoms with Crippen molar-refractivity contribution in [1.82, 2.24) is 0 Å². The highest BCUT2D eigenvalue weighted by Gasteiger charge is 2.16. The van der Waals surface area contributed by atoms with E-state index in [2.05, 4.69) is 5.10 Å². The summed E-state index contributed by atoms with van der Waals surface area (Å²) in [5.74, 6) is 4.38. The maximum absolute atomic E-state index is 11.3. The number of nitrogens with two attached hydrogens (primary N) is 1. The molecule has 0 bridgehead atoms. The Labute approximate surface area is 104 Å². The smallest absolute Gasteiger partial charge is 0.197 e. The quantitative estimate of drug-likeness (QED) is 0.382. The van der Waals surface area contributed by atoms with Gasteiger partial charge in [-0.3, -0.25) is 4.79 Å². The standard InChI is InChI=1S/C10H11ClN2O3S/c1-17(15,16)8-4-2-7(3-5-8)10(11)9(14)6-13-12/h2-6,10H,12H2,1H3. The number of carbonyl (C=O) groups excluding carboxylic acids is 1. The van der Waals surface area contributed by atoms with Gasteiger partial charge in [0.15, 0.2) is 15.6 Å². The Balaban J connectivity index is 2.99. The van der Waals surface area contributed by atoms with Gasteiger partial charge in [-0.25, -0.2) is 8.42 Å². The number of Topliss-reactive ketones (excluding diaryl/α,β-unsaturated/α-hetero) is 1. The number of halogens is 1. The van der Waals surface area contributed by atoms with Crippen molar-refractivity contribution in [3.05, 3.63) is 29.8 Å². The molecule has 0 saturated carbocycles. The van der Waals surface area contributed by atoms with E-state index in [1.165, 1.54) is 24.3 Å². The van der Waals surface area contributed by atoms with Crippen LogP contribution < -0.4 is 5.84 Å². The molecule has 0 aromatic heterocycles. The van der Waals surface area contributed by atoms with Gasteiger partial charge in [-0.2, -0.15) is 5.10 Å². The average Bonchev–Trinajstić information content (AvgIpc) is 2.27. The predicted molar refractivity (Wildman–Crippen MR) is 65.8 cm³/mol. The molecule has 2 N–H and O–H groups in total. The molecule has 5 nitrogen and oxygen atoms in total. The van der Waals surface area contributed by atoms with Crippen LogP contribution in [0, 0.1) is 0 Å². The van der Waals surface area contributed by atoms with Gasteiger partial charge in [0.1, 0.15) is 5.38 Å². The van der Waals surface area contributed by atoms with Gasteiger partial charge in [-0.05, 0) is 17.7 Å². The summed E-state index contributed by atoms with van der Waals surface area (Å²) in [7, 11) is -3.25. The van der Waals surface area contributed by atoms with E-state index in [0.29, 0.717) is 5.56 Å². The summed E-state index contributed by atoms with van der Waals surface area (Å²) in [6.07, 6.45) is 2.02. The van der Waals surface area contributed by atoms with Gasteiger partial charge in [-0.15, -0.1) is 11.6 Å². The summed E-state index contributed by atoms with van der Waals surface area (Å²) in [6, 6.07) is 5.76. The zero-order valence-electron chi connectivity index (χ0n) is 9.00. The summed E-state index contributed by atoms with van der Waals surface area (Å²) in [5.41, 5.74) is 0.490. The summed E-state index contributed by atoms with van der Waals surface area (Å²) in [5, 5.41) is 2.16. The molecule has 1 unspecified atom stereocenters. The normalized spacial score (nSPS) is 13.8. The molecule has 0 heterocycles. The molecule has 0 saturated heterocycles. The van der Waals surface area contributed by atoms with Crippen molar-refractivity contribution in [2.45, 2.75) is 10.3 Å². The van der Waals surface area contributed by atoms with Crippen molar-refractivity contribution in [2.24, 2.45) is 10.9 Å². The Morgan fingerprint density at radius 1 is 1.41 bits per heavy atom. The second kappa shape index (κ2) is 5.29. The van der Waals surface area contributed by atoms with Crippen LogP contribution >= 0.6 is 11.6 Å². The van der Waals surface area contributed by atoms with Gasteiger partial charge in [0.25, 0.3) is 0 Å². The number of carbonyl (C=O) groups is 1. The molecule has 1 rings (SSSR count). The molecule has 1 atom stereocenters. The lowest BCUT2D eigenvalue weighted by Crippen LogP contribution is -2.09. The van der Waals surface area contributed by atoms with Crippen LogP contribution in [0.4, 0.5) is 0 Å². The number of hydrazone groups is 1. The first-order chi connectivity index (χ1) is 7.86. The molecule has 0 aliphatic rings. The molecule has 0 amide bonds. The molecule has 1 aromatic rings. The number of alkyl halides is 1. The third-order valence-electron chi connectivity index (χ3n) is 2.05. The third kappa shape index (κ3) is 3.54. The zero-order chi connectivity index (χ0) is 13.1. The maximum Gasteiger partial charge on any atom is 0.197 e. The van der Waals surface area contributed by atoms with E-state index in [0.717, 1.165) is 12.5 Å². The fourth-order valence-electron chi connectivity index (χ4n) is 1.19. The highest BCUT2D eigenvalue weighted by molar-refractivity contribution is 7.90. The molecule has 0 aliphatic carbocycles. The lowest BCUT2D eigenvalue weighted by Gasteiger charge is -2.06. The predicted octanol–water partition coefficient (Wildman–Crippen LogP) is 0.884. The van der Waals surface area contributed by atoms with Crippen LogP contribution in [-0.4, -0.2) is 26.7 Å². The van der Waals surface area contributed by atoms with Crippen molar-refractivity contribution in [3.63, 3.8) is 0 Å². The minimum Gasteiger partial charge on any atom is -0.323 e. The highest BCUT2D eigenvalue weighted by Crippen LogP contribution is 2.22. The second-order valence-electron chi connectivity index (χ2n) is 3.38. The average molecular weight is 275 g/mol. The van der Waals surface area contributed by atoms with E-state index in [1.54, 1.807) is 0 Å². The van der Waals surface area contributed by atoms with Crippen molar-refractivity contribution >= 4 is 33.4 Å². The number of benzene rings is 1. The molecule has 0 aliphatic heterocycles. The van der Waals surface area contributed by atoms with E-state index in [4.69, 9.17) is 17.4 Å². The largest absolute Gasteiger partial charge is 0.323 e. The molecule has 0 radical (unpaired) electrons. The summed E-state index contributed by atoms with van der Waals surface area (Å²) in [6.45, 7) is 0. The number of sulfone groups is 1. The maximum atomic E-state index is 11.3. The van der Waals surface area contributed by atoms with Gasteiger partial charge < -0.3 is 5.84 Å². The van der Waals surface area contributed by atoms with Gasteiger partial charge >= 0.3 is 0 Å². The SMILES string of the molecule is CS(=O)(=O)c1ccc(C(Cl)C(=O)C=NN)cc1. The lowest BCUT2D eigenvalue weighted by atomic mass is 10.1. The van der Waals surface area contributed by atoms with Gasteiger partial charge in [0.05, 0.1) is 11.1 Å². The van der Waals surface area contributed by atoms with Crippen LogP contribution in [-0.2, 0) is 14.6 Å². The minimum absolute atomic E-state index is 0.171. The molecular weight excluding hydrogens is 264 g/mol. The van der Waals surface area contributed by atoms with Gasteiger partial charge in [0.2, 0.25) is 0 Å². The van der Waals surface area contributed by atoms with E-state index in [9.17, 15) is 13.2 Å². The van der Waals surface area contributed by atoms with E-state index >= 15 is 0 Å². The van der Waals surface area contributed by atoms with Crippen LogP contribution in [0.25, 0.3) is 0 Å². The number of rotatable bonds is 4. The Bertz CT molecular complexity index is 537. The van der Waals surface area contributed by atoms with Crippen LogP contribution in [0.1, 0.15) is 10.9 Å². The third-order valence-corrected chi connectivity index (χ3v) is 3.65. The number of hydrogen-bond acceptors (Lipinski definition) is 5. The molecule has 0 spiro atoms. The van der Waals surface area contributed by atoms with E-state index in [-0.39, 0.29) is 4.90 Å². The van der Waals surface area contributed by atoms with Crippen molar-refractivity contribution in [2.75, 3.05) is 6.26 Å². The molecular formula is C10H11ClN2O3S. The minimum atomic E-state index is -3.25. The first kappa shape index (κ1) is 13.7. The number of ketones is 1. The molecule has 1 aromatic carbocycles. The molecule has 92 valence electrons. The summed E-state index contributed by atoms with van der Waals surface area (Å²) < 4.78 is 22.4. The fourth-order valence-corrected chi connectivity index (χ4v) is 2.02. The lowest BCUT2D eigenvalue weighted by molar-refractivity contribution is -0.112. The summed E-state index contributed by atoms with van der Waals surface area (Å²) >= 11 is 5.86. The highest BCUT2D eigenvalue weighted by atomic mass is 35.5. The topological polar surface area (TPSA) is 89.6 Å². The van der Waals surface area contributed by atoms with Crippen LogP contribution in [0.5, 0.6) is 0 Å². The Morgan fingerprint density at radius 2 is 1.94 bits per heavy atom. The molecule has 0 fully saturated rings. The first-order valence-electron chi connectivity index (χ1n) is 4.57. The molecule has 17 heavy (non-hydrogen) atoms.